The van der Waals surface area contributed by atoms with Gasteiger partial charge in [-0.25, -0.2) is 4.98 Å². The van der Waals surface area contributed by atoms with Gasteiger partial charge in [0.05, 0.1) is 5.52 Å². The van der Waals surface area contributed by atoms with Crippen LogP contribution in [0.5, 0.6) is 0 Å². The highest BCUT2D eigenvalue weighted by atomic mass is 16.2. The summed E-state index contributed by atoms with van der Waals surface area (Å²) in [4.78, 5) is 24.3. The maximum atomic E-state index is 13.4. The van der Waals surface area contributed by atoms with Crippen LogP contribution in [0.15, 0.2) is 60.9 Å². The summed E-state index contributed by atoms with van der Waals surface area (Å²) < 4.78 is 0. The zero-order chi connectivity index (χ0) is 18.9. The van der Waals surface area contributed by atoms with E-state index in [-0.39, 0.29) is 5.91 Å². The predicted octanol–water partition coefficient (Wildman–Crippen LogP) is 4.82. The van der Waals surface area contributed by atoms with Gasteiger partial charge in [0.2, 0.25) is 0 Å². The van der Waals surface area contributed by atoms with Crippen LogP contribution in [-0.2, 0) is 0 Å². The zero-order valence-electron chi connectivity index (χ0n) is 16.0. The summed E-state index contributed by atoms with van der Waals surface area (Å²) in [5.41, 5.74) is 2.82. The largest absolute Gasteiger partial charge is 0.334 e. The highest BCUT2D eigenvalue weighted by Gasteiger charge is 2.42. The lowest BCUT2D eigenvalue weighted by atomic mass is 9.69. The van der Waals surface area contributed by atoms with Gasteiger partial charge in [-0.1, -0.05) is 43.2 Å². The van der Waals surface area contributed by atoms with Gasteiger partial charge < -0.3 is 4.90 Å². The Balaban J connectivity index is 1.44. The fourth-order valence-electron chi connectivity index (χ4n) is 5.25. The van der Waals surface area contributed by atoms with Crippen molar-refractivity contribution in [3.05, 3.63) is 72.2 Å². The van der Waals surface area contributed by atoms with Gasteiger partial charge in [-0.05, 0) is 54.9 Å². The van der Waals surface area contributed by atoms with Gasteiger partial charge in [-0.3, -0.25) is 9.78 Å². The summed E-state index contributed by atoms with van der Waals surface area (Å²) in [6.45, 7) is 0.815. The number of aromatic nitrogens is 2. The number of hydrogen-bond donors (Lipinski definition) is 0. The summed E-state index contributed by atoms with van der Waals surface area (Å²) in [6.07, 6.45) is 9.36. The van der Waals surface area contributed by atoms with E-state index in [9.17, 15) is 4.79 Å². The molecule has 1 saturated carbocycles. The Morgan fingerprint density at radius 3 is 2.71 bits per heavy atom. The van der Waals surface area contributed by atoms with Crippen molar-refractivity contribution in [1.82, 2.24) is 14.9 Å². The lowest BCUT2D eigenvalue weighted by Gasteiger charge is -2.48. The number of fused-ring (bicyclic) bond motifs is 2. The van der Waals surface area contributed by atoms with Crippen molar-refractivity contribution < 1.29 is 4.79 Å². The van der Waals surface area contributed by atoms with E-state index in [4.69, 9.17) is 0 Å². The van der Waals surface area contributed by atoms with Crippen molar-refractivity contribution in [3.63, 3.8) is 0 Å². The number of piperidine rings is 1. The van der Waals surface area contributed by atoms with E-state index in [1.165, 1.54) is 24.8 Å². The molecule has 2 aliphatic rings. The molecule has 0 unspecified atom stereocenters. The molecule has 3 aromatic rings. The third-order valence-corrected chi connectivity index (χ3v) is 6.58. The Kier molecular flexibility index (Phi) is 4.55. The number of rotatable bonds is 2. The predicted molar refractivity (Wildman–Crippen MR) is 110 cm³/mol. The molecule has 4 nitrogen and oxygen atoms in total. The van der Waals surface area contributed by atoms with E-state index in [0.717, 1.165) is 30.3 Å². The smallest absolute Gasteiger partial charge is 0.272 e. The molecule has 1 aromatic carbocycles. The SMILES string of the molecule is O=C(c1ccc2cnccc2n1)N1CC[C@H](c2ccccc2)[C@H]2CCCC[C@H]21. The molecule has 3 heterocycles. The van der Waals surface area contributed by atoms with E-state index in [0.29, 0.717) is 23.6 Å². The first-order chi connectivity index (χ1) is 13.8. The molecule has 1 saturated heterocycles. The molecule has 0 spiro atoms. The first kappa shape index (κ1) is 17.4. The fraction of sp³-hybridized carbons (Fsp3) is 0.375. The molecule has 0 N–H and O–H groups in total. The second-order valence-electron chi connectivity index (χ2n) is 8.08. The van der Waals surface area contributed by atoms with E-state index in [1.54, 1.807) is 12.4 Å². The minimum atomic E-state index is 0.0853. The molecule has 2 fully saturated rings. The minimum Gasteiger partial charge on any atom is -0.334 e. The van der Waals surface area contributed by atoms with Crippen LogP contribution in [0.4, 0.5) is 0 Å². The number of hydrogen-bond acceptors (Lipinski definition) is 3. The summed E-state index contributed by atoms with van der Waals surface area (Å²) in [5, 5.41) is 0.970. The Morgan fingerprint density at radius 2 is 1.82 bits per heavy atom. The summed E-state index contributed by atoms with van der Waals surface area (Å²) >= 11 is 0. The Labute approximate surface area is 165 Å². The van der Waals surface area contributed by atoms with E-state index >= 15 is 0 Å². The molecular formula is C24H25N3O. The minimum absolute atomic E-state index is 0.0853. The summed E-state index contributed by atoms with van der Waals surface area (Å²) in [6, 6.07) is 16.9. The lowest BCUT2D eigenvalue weighted by molar-refractivity contribution is 0.0314. The van der Waals surface area contributed by atoms with Gasteiger partial charge in [-0.2, -0.15) is 0 Å². The third-order valence-electron chi connectivity index (χ3n) is 6.58. The van der Waals surface area contributed by atoms with Crippen LogP contribution in [0.1, 0.15) is 54.1 Å². The normalized spacial score (nSPS) is 24.7. The van der Waals surface area contributed by atoms with Gasteiger partial charge in [0, 0.05) is 30.4 Å². The van der Waals surface area contributed by atoms with Crippen LogP contribution in [0, 0.1) is 5.92 Å². The number of amides is 1. The molecule has 142 valence electrons. The second kappa shape index (κ2) is 7.34. The molecule has 1 aliphatic carbocycles. The number of carbonyl (C=O) groups excluding carboxylic acids is 1. The molecule has 3 atom stereocenters. The van der Waals surface area contributed by atoms with Crippen LogP contribution in [-0.4, -0.2) is 33.4 Å². The van der Waals surface area contributed by atoms with Crippen LogP contribution in [0.25, 0.3) is 10.9 Å². The molecule has 0 bridgehead atoms. The van der Waals surface area contributed by atoms with E-state index in [1.807, 2.05) is 18.2 Å². The number of carbonyl (C=O) groups is 1. The lowest BCUT2D eigenvalue weighted by Crippen LogP contribution is -2.52. The van der Waals surface area contributed by atoms with Crippen molar-refractivity contribution in [1.29, 1.82) is 0 Å². The Hall–Kier alpha value is -2.75. The Morgan fingerprint density at radius 1 is 0.964 bits per heavy atom. The Bertz CT molecular complexity index is 987. The molecule has 0 radical (unpaired) electrons. The van der Waals surface area contributed by atoms with Crippen LogP contribution in [0.3, 0.4) is 0 Å². The van der Waals surface area contributed by atoms with Gasteiger partial charge in [0.25, 0.3) is 5.91 Å². The van der Waals surface area contributed by atoms with Gasteiger partial charge in [-0.15, -0.1) is 0 Å². The summed E-state index contributed by atoms with van der Waals surface area (Å²) in [5.74, 6) is 1.20. The maximum Gasteiger partial charge on any atom is 0.272 e. The van der Waals surface area contributed by atoms with Gasteiger partial charge in [0.1, 0.15) is 5.69 Å². The number of benzene rings is 1. The van der Waals surface area contributed by atoms with Crippen molar-refractivity contribution in [3.8, 4) is 0 Å². The molecule has 5 rings (SSSR count). The maximum absolute atomic E-state index is 13.4. The van der Waals surface area contributed by atoms with Crippen LogP contribution >= 0.6 is 0 Å². The van der Waals surface area contributed by atoms with Crippen molar-refractivity contribution >= 4 is 16.8 Å². The van der Waals surface area contributed by atoms with E-state index < -0.39 is 0 Å². The molecular weight excluding hydrogens is 346 g/mol. The van der Waals surface area contributed by atoms with Crippen molar-refractivity contribution in [2.24, 2.45) is 5.92 Å². The van der Waals surface area contributed by atoms with Crippen molar-refractivity contribution in [2.75, 3.05) is 6.54 Å². The number of nitrogens with zero attached hydrogens (tertiary/aromatic N) is 3. The molecule has 1 amide bonds. The van der Waals surface area contributed by atoms with Crippen LogP contribution < -0.4 is 0 Å². The molecule has 28 heavy (non-hydrogen) atoms. The van der Waals surface area contributed by atoms with Gasteiger partial charge >= 0.3 is 0 Å². The van der Waals surface area contributed by atoms with E-state index in [2.05, 4.69) is 45.2 Å². The molecule has 1 aliphatic heterocycles. The number of likely N-dealkylation sites (tertiary alicyclic amines) is 1. The monoisotopic (exact) mass is 371 g/mol. The standard InChI is InChI=1S/C24H25N3O/c28-24(22-11-10-18-16-25-14-12-21(18)26-22)27-15-13-19(17-6-2-1-3-7-17)20-8-4-5-9-23(20)27/h1-3,6-7,10-12,14,16,19-20,23H,4-5,8-9,13,15H2/t19-,20-,23-/m1/s1. The third kappa shape index (κ3) is 3.07. The second-order valence-corrected chi connectivity index (χ2v) is 8.08. The zero-order valence-corrected chi connectivity index (χ0v) is 16.0. The first-order valence-corrected chi connectivity index (χ1v) is 10.4. The molecule has 2 aromatic heterocycles. The highest BCUT2D eigenvalue weighted by Crippen LogP contribution is 2.44. The molecule has 4 heteroatoms. The van der Waals surface area contributed by atoms with Crippen LogP contribution in [0.2, 0.25) is 0 Å². The number of pyridine rings is 2. The highest BCUT2D eigenvalue weighted by molar-refractivity contribution is 5.95. The first-order valence-electron chi connectivity index (χ1n) is 10.4. The quantitative estimate of drug-likeness (QED) is 0.649. The average molecular weight is 371 g/mol. The van der Waals surface area contributed by atoms with Crippen molar-refractivity contribution in [2.45, 2.75) is 44.1 Å². The fourth-order valence-corrected chi connectivity index (χ4v) is 5.25. The topological polar surface area (TPSA) is 46.1 Å². The summed E-state index contributed by atoms with van der Waals surface area (Å²) in [7, 11) is 0. The van der Waals surface area contributed by atoms with Gasteiger partial charge in [0.15, 0.2) is 0 Å². The average Bonchev–Trinajstić information content (AvgIpc) is 2.78.